The van der Waals surface area contributed by atoms with Gasteiger partial charge in [-0.2, -0.15) is 17.6 Å². The summed E-state index contributed by atoms with van der Waals surface area (Å²) < 4.78 is 63.7. The van der Waals surface area contributed by atoms with Gasteiger partial charge in [-0.1, -0.05) is 12.1 Å². The number of hydrogen-bond donors (Lipinski definition) is 0. The molecule has 2 rings (SSSR count). The van der Waals surface area contributed by atoms with Crippen molar-refractivity contribution in [1.82, 2.24) is 4.98 Å². The van der Waals surface area contributed by atoms with Gasteiger partial charge in [-0.25, -0.2) is 9.37 Å². The predicted octanol–water partition coefficient (Wildman–Crippen LogP) is 4.05. The molecule has 0 N–H and O–H groups in total. The first-order chi connectivity index (χ1) is 8.39. The first-order valence-electron chi connectivity index (χ1n) is 4.87. The van der Waals surface area contributed by atoms with Crippen LogP contribution in [-0.2, 0) is 6.18 Å². The second-order valence-corrected chi connectivity index (χ2v) is 3.54. The van der Waals surface area contributed by atoms with Crippen molar-refractivity contribution in [2.45, 2.75) is 6.18 Å². The quantitative estimate of drug-likeness (QED) is 0.556. The van der Waals surface area contributed by atoms with Crippen LogP contribution < -0.4 is 0 Å². The third kappa shape index (κ3) is 2.32. The van der Waals surface area contributed by atoms with E-state index in [0.29, 0.717) is 0 Å². The first kappa shape index (κ1) is 12.5. The molecule has 0 aliphatic heterocycles. The molecule has 0 aliphatic rings. The number of alkyl halides is 3. The number of halogens is 5. The van der Waals surface area contributed by atoms with Crippen LogP contribution in [0.25, 0.3) is 11.1 Å². The second kappa shape index (κ2) is 4.36. The van der Waals surface area contributed by atoms with Crippen molar-refractivity contribution < 1.29 is 22.0 Å². The minimum absolute atomic E-state index is 0.0522. The average molecular weight is 259 g/mol. The Bertz CT molecular complexity index is 577. The molecule has 18 heavy (non-hydrogen) atoms. The molecule has 0 unspecified atom stereocenters. The number of nitrogens with zero attached hydrogens (tertiary/aromatic N) is 1. The maximum Gasteiger partial charge on any atom is 0.416 e. The average Bonchev–Trinajstić information content (AvgIpc) is 2.32. The van der Waals surface area contributed by atoms with E-state index in [9.17, 15) is 22.0 Å². The fourth-order valence-corrected chi connectivity index (χ4v) is 1.50. The number of pyridine rings is 1. The van der Waals surface area contributed by atoms with E-state index in [-0.39, 0.29) is 11.1 Å². The number of rotatable bonds is 1. The highest BCUT2D eigenvalue weighted by Crippen LogP contribution is 2.32. The van der Waals surface area contributed by atoms with Crippen molar-refractivity contribution in [3.63, 3.8) is 0 Å². The summed E-state index contributed by atoms with van der Waals surface area (Å²) in [7, 11) is 0. The van der Waals surface area contributed by atoms with Gasteiger partial charge in [-0.3, -0.25) is 0 Å². The van der Waals surface area contributed by atoms with Crippen molar-refractivity contribution in [2.75, 3.05) is 0 Å². The minimum Gasteiger partial charge on any atom is -0.226 e. The Morgan fingerprint density at radius 2 is 1.72 bits per heavy atom. The zero-order valence-electron chi connectivity index (χ0n) is 8.80. The number of aromatic nitrogens is 1. The van der Waals surface area contributed by atoms with Gasteiger partial charge in [0.05, 0.1) is 5.56 Å². The lowest BCUT2D eigenvalue weighted by molar-refractivity contribution is -0.137. The standard InChI is InChI=1S/C12H6F5N/c13-10-9(4-5-18-11(10)14)7-2-1-3-8(6-7)12(15,16)17/h1-6H. The van der Waals surface area contributed by atoms with E-state index in [1.165, 1.54) is 6.07 Å². The third-order valence-electron chi connectivity index (χ3n) is 2.35. The fraction of sp³-hybridized carbons (Fsp3) is 0.0833. The van der Waals surface area contributed by atoms with Crippen LogP contribution >= 0.6 is 0 Å². The molecule has 0 amide bonds. The van der Waals surface area contributed by atoms with Gasteiger partial charge in [-0.05, 0) is 23.8 Å². The molecule has 1 heterocycles. The number of benzene rings is 1. The summed E-state index contributed by atoms with van der Waals surface area (Å²) in [6.45, 7) is 0. The van der Waals surface area contributed by atoms with E-state index < -0.39 is 23.5 Å². The van der Waals surface area contributed by atoms with E-state index in [4.69, 9.17) is 0 Å². The SMILES string of the molecule is Fc1nccc(-c2cccc(C(F)(F)F)c2)c1F. The van der Waals surface area contributed by atoms with E-state index in [2.05, 4.69) is 4.98 Å². The molecule has 94 valence electrons. The van der Waals surface area contributed by atoms with E-state index >= 15 is 0 Å². The monoisotopic (exact) mass is 259 g/mol. The Morgan fingerprint density at radius 1 is 1.00 bits per heavy atom. The highest BCUT2D eigenvalue weighted by molar-refractivity contribution is 5.64. The topological polar surface area (TPSA) is 12.9 Å². The Hall–Kier alpha value is -1.98. The molecule has 0 bridgehead atoms. The van der Waals surface area contributed by atoms with Crippen LogP contribution in [0, 0.1) is 11.8 Å². The molecule has 0 saturated carbocycles. The lowest BCUT2D eigenvalue weighted by Crippen LogP contribution is -2.04. The summed E-state index contributed by atoms with van der Waals surface area (Å²) in [5.74, 6) is -2.61. The molecule has 1 aromatic heterocycles. The molecule has 0 atom stereocenters. The van der Waals surface area contributed by atoms with Gasteiger partial charge in [0.15, 0.2) is 5.82 Å². The van der Waals surface area contributed by atoms with Crippen molar-refractivity contribution in [3.05, 3.63) is 53.9 Å². The lowest BCUT2D eigenvalue weighted by atomic mass is 10.0. The van der Waals surface area contributed by atoms with Crippen LogP contribution in [0.1, 0.15) is 5.56 Å². The van der Waals surface area contributed by atoms with Crippen molar-refractivity contribution in [3.8, 4) is 11.1 Å². The Morgan fingerprint density at radius 3 is 2.39 bits per heavy atom. The molecule has 0 aliphatic carbocycles. The largest absolute Gasteiger partial charge is 0.416 e. The highest BCUT2D eigenvalue weighted by Gasteiger charge is 2.30. The van der Waals surface area contributed by atoms with Gasteiger partial charge in [0.1, 0.15) is 0 Å². The van der Waals surface area contributed by atoms with Crippen molar-refractivity contribution in [2.24, 2.45) is 0 Å². The van der Waals surface area contributed by atoms with Gasteiger partial charge >= 0.3 is 6.18 Å². The van der Waals surface area contributed by atoms with Crippen molar-refractivity contribution in [1.29, 1.82) is 0 Å². The van der Waals surface area contributed by atoms with Crippen LogP contribution in [0.3, 0.4) is 0 Å². The van der Waals surface area contributed by atoms with Gasteiger partial charge in [0.25, 0.3) is 0 Å². The molecule has 1 aromatic carbocycles. The lowest BCUT2D eigenvalue weighted by Gasteiger charge is -2.09. The summed E-state index contributed by atoms with van der Waals surface area (Å²) >= 11 is 0. The molecule has 0 radical (unpaired) electrons. The molecule has 0 fully saturated rings. The summed E-state index contributed by atoms with van der Waals surface area (Å²) in [5.41, 5.74) is -1.23. The smallest absolute Gasteiger partial charge is 0.226 e. The van der Waals surface area contributed by atoms with Gasteiger partial charge < -0.3 is 0 Å². The van der Waals surface area contributed by atoms with E-state index in [1.54, 1.807) is 0 Å². The zero-order chi connectivity index (χ0) is 13.3. The van der Waals surface area contributed by atoms with Gasteiger partial charge in [0.2, 0.25) is 5.95 Å². The van der Waals surface area contributed by atoms with Crippen LogP contribution in [0.5, 0.6) is 0 Å². The summed E-state index contributed by atoms with van der Waals surface area (Å²) in [5, 5.41) is 0. The zero-order valence-corrected chi connectivity index (χ0v) is 8.80. The Labute approximate surface area is 98.9 Å². The normalized spacial score (nSPS) is 11.6. The maximum atomic E-state index is 13.4. The van der Waals surface area contributed by atoms with Gasteiger partial charge in [0, 0.05) is 11.8 Å². The van der Waals surface area contributed by atoms with Crippen LogP contribution in [0.15, 0.2) is 36.5 Å². The Balaban J connectivity index is 2.55. The molecular weight excluding hydrogens is 253 g/mol. The molecule has 0 saturated heterocycles. The molecule has 1 nitrogen and oxygen atoms in total. The summed E-state index contributed by atoms with van der Waals surface area (Å²) in [4.78, 5) is 3.07. The Kier molecular flexibility index (Phi) is 3.02. The first-order valence-corrected chi connectivity index (χ1v) is 4.87. The highest BCUT2D eigenvalue weighted by atomic mass is 19.4. The molecule has 6 heteroatoms. The van der Waals surface area contributed by atoms with E-state index in [0.717, 1.165) is 30.5 Å². The maximum absolute atomic E-state index is 13.4. The summed E-state index contributed by atoms with van der Waals surface area (Å²) in [6, 6.07) is 5.15. The van der Waals surface area contributed by atoms with Crippen LogP contribution in [0.2, 0.25) is 0 Å². The van der Waals surface area contributed by atoms with Crippen LogP contribution in [0.4, 0.5) is 22.0 Å². The second-order valence-electron chi connectivity index (χ2n) is 3.54. The van der Waals surface area contributed by atoms with Crippen LogP contribution in [-0.4, -0.2) is 4.98 Å². The predicted molar refractivity (Wildman–Crippen MR) is 54.6 cm³/mol. The summed E-state index contributed by atoms with van der Waals surface area (Å²) in [6.07, 6.45) is -3.54. The van der Waals surface area contributed by atoms with Gasteiger partial charge in [-0.15, -0.1) is 0 Å². The third-order valence-corrected chi connectivity index (χ3v) is 2.35. The molecular formula is C12H6F5N. The van der Waals surface area contributed by atoms with Crippen molar-refractivity contribution >= 4 is 0 Å². The van der Waals surface area contributed by atoms with E-state index in [1.807, 2.05) is 0 Å². The minimum atomic E-state index is -4.53. The molecule has 2 aromatic rings. The molecule has 0 spiro atoms. The number of hydrogen-bond acceptors (Lipinski definition) is 1. The fourth-order valence-electron chi connectivity index (χ4n) is 1.50.